The van der Waals surface area contributed by atoms with Crippen molar-refractivity contribution in [2.24, 2.45) is 5.92 Å². The summed E-state index contributed by atoms with van der Waals surface area (Å²) in [6.45, 7) is 7.23. The lowest BCUT2D eigenvalue weighted by Crippen LogP contribution is -2.43. The van der Waals surface area contributed by atoms with E-state index in [4.69, 9.17) is 9.47 Å². The minimum Gasteiger partial charge on any atom is -0.486 e. The second kappa shape index (κ2) is 5.58. The Kier molecular flexibility index (Phi) is 3.82. The van der Waals surface area contributed by atoms with Crippen LogP contribution in [0.5, 0.6) is 0 Å². The van der Waals surface area contributed by atoms with Crippen LogP contribution in [-0.4, -0.2) is 29.7 Å². The fourth-order valence-electron chi connectivity index (χ4n) is 3.19. The smallest absolute Gasteiger partial charge is 0.302 e. The lowest BCUT2D eigenvalue weighted by atomic mass is 9.77. The number of carbonyl (C=O) groups is 3. The molecule has 0 radical (unpaired) electrons. The molecule has 3 rings (SSSR count). The molecule has 1 aromatic carbocycles. The first-order valence-electron chi connectivity index (χ1n) is 7.96. The summed E-state index contributed by atoms with van der Waals surface area (Å²) in [4.78, 5) is 36.0. The van der Waals surface area contributed by atoms with Crippen molar-refractivity contribution in [3.8, 4) is 0 Å². The number of hydrogen-bond acceptors (Lipinski definition) is 5. The van der Waals surface area contributed by atoms with Gasteiger partial charge in [0.2, 0.25) is 11.6 Å². The van der Waals surface area contributed by atoms with Crippen LogP contribution in [0.1, 0.15) is 48.7 Å². The maximum atomic E-state index is 12.5. The molecular formula is C19H20O5. The van der Waals surface area contributed by atoms with Gasteiger partial charge in [0, 0.05) is 29.5 Å². The largest absolute Gasteiger partial charge is 0.486 e. The van der Waals surface area contributed by atoms with E-state index in [9.17, 15) is 14.4 Å². The van der Waals surface area contributed by atoms with Crippen molar-refractivity contribution in [1.29, 1.82) is 0 Å². The van der Waals surface area contributed by atoms with Crippen LogP contribution >= 0.6 is 0 Å². The SMILES string of the molecule is CC(=O)OCC1CC2=C(OC1(C)C)c1cc(C)ccc1C(=O)C2=O. The highest BCUT2D eigenvalue weighted by Crippen LogP contribution is 2.44. The molecule has 1 heterocycles. The first kappa shape index (κ1) is 16.4. The Morgan fingerprint density at radius 1 is 1.25 bits per heavy atom. The average molecular weight is 328 g/mol. The molecule has 5 nitrogen and oxygen atoms in total. The number of hydrogen-bond donors (Lipinski definition) is 0. The number of ketones is 2. The molecule has 0 aromatic heterocycles. The molecular weight excluding hydrogens is 308 g/mol. The van der Waals surface area contributed by atoms with Gasteiger partial charge in [-0.15, -0.1) is 0 Å². The van der Waals surface area contributed by atoms with Crippen LogP contribution in [0.4, 0.5) is 0 Å². The van der Waals surface area contributed by atoms with E-state index in [-0.39, 0.29) is 18.5 Å². The highest BCUT2D eigenvalue weighted by Gasteiger charge is 2.45. The second-order valence-corrected chi connectivity index (χ2v) is 6.92. The molecule has 0 bridgehead atoms. The molecule has 1 atom stereocenters. The number of carbonyl (C=O) groups excluding carboxylic acids is 3. The van der Waals surface area contributed by atoms with Crippen LogP contribution in [-0.2, 0) is 19.1 Å². The van der Waals surface area contributed by atoms with E-state index in [1.165, 1.54) is 6.92 Å². The minimum atomic E-state index is -0.615. The van der Waals surface area contributed by atoms with Gasteiger partial charge in [-0.3, -0.25) is 14.4 Å². The predicted molar refractivity (Wildman–Crippen MR) is 87.3 cm³/mol. The fraction of sp³-hybridized carbons (Fsp3) is 0.421. The third kappa shape index (κ3) is 2.64. The van der Waals surface area contributed by atoms with Crippen LogP contribution in [0.2, 0.25) is 0 Å². The van der Waals surface area contributed by atoms with E-state index in [0.717, 1.165) is 5.56 Å². The molecule has 1 aliphatic heterocycles. The van der Waals surface area contributed by atoms with Gasteiger partial charge in [0.25, 0.3) is 0 Å². The lowest BCUT2D eigenvalue weighted by molar-refractivity contribution is -0.145. The van der Waals surface area contributed by atoms with Crippen molar-refractivity contribution in [3.05, 3.63) is 40.5 Å². The number of rotatable bonds is 2. The van der Waals surface area contributed by atoms with Crippen LogP contribution in [0.25, 0.3) is 5.76 Å². The number of fused-ring (bicyclic) bond motifs is 2. The molecule has 0 N–H and O–H groups in total. The highest BCUT2D eigenvalue weighted by atomic mass is 16.5. The number of esters is 1. The van der Waals surface area contributed by atoms with Gasteiger partial charge in [-0.05, 0) is 39.3 Å². The molecule has 2 aliphatic rings. The summed E-state index contributed by atoms with van der Waals surface area (Å²) < 4.78 is 11.2. The Bertz CT molecular complexity index is 785. The Labute approximate surface area is 140 Å². The Balaban J connectivity index is 2.06. The Morgan fingerprint density at radius 3 is 2.62 bits per heavy atom. The number of aryl methyl sites for hydroxylation is 1. The van der Waals surface area contributed by atoms with E-state index in [0.29, 0.717) is 28.9 Å². The normalized spacial score (nSPS) is 21.8. The summed E-state index contributed by atoms with van der Waals surface area (Å²) in [7, 11) is 0. The molecule has 126 valence electrons. The molecule has 1 aromatic rings. The molecule has 0 spiro atoms. The molecule has 0 saturated carbocycles. The summed E-state index contributed by atoms with van der Waals surface area (Å²) in [5.74, 6) is -1.11. The number of benzene rings is 1. The summed E-state index contributed by atoms with van der Waals surface area (Å²) in [5.41, 5.74) is 1.82. The zero-order chi connectivity index (χ0) is 17.6. The topological polar surface area (TPSA) is 69.7 Å². The lowest BCUT2D eigenvalue weighted by Gasteiger charge is -2.41. The van der Waals surface area contributed by atoms with Gasteiger partial charge in [-0.1, -0.05) is 11.6 Å². The summed E-state index contributed by atoms with van der Waals surface area (Å²) in [5, 5.41) is 0. The maximum Gasteiger partial charge on any atom is 0.302 e. The predicted octanol–water partition coefficient (Wildman–Crippen LogP) is 2.85. The zero-order valence-corrected chi connectivity index (χ0v) is 14.3. The molecule has 1 unspecified atom stereocenters. The van der Waals surface area contributed by atoms with E-state index in [2.05, 4.69) is 0 Å². The number of Topliss-reactive ketones (excluding diaryl/α,β-unsaturated/α-hetero) is 2. The average Bonchev–Trinajstić information content (AvgIpc) is 2.50. The highest BCUT2D eigenvalue weighted by molar-refractivity contribution is 6.52. The van der Waals surface area contributed by atoms with E-state index >= 15 is 0 Å². The van der Waals surface area contributed by atoms with Crippen molar-refractivity contribution in [2.45, 2.75) is 39.7 Å². The Hall–Kier alpha value is -2.43. The van der Waals surface area contributed by atoms with Crippen LogP contribution in [0, 0.1) is 12.8 Å². The molecule has 1 aliphatic carbocycles. The van der Waals surface area contributed by atoms with Crippen LogP contribution in [0.3, 0.4) is 0 Å². The van der Waals surface area contributed by atoms with Crippen molar-refractivity contribution >= 4 is 23.3 Å². The molecule has 0 amide bonds. The van der Waals surface area contributed by atoms with Crippen molar-refractivity contribution in [2.75, 3.05) is 6.61 Å². The van der Waals surface area contributed by atoms with E-state index < -0.39 is 17.2 Å². The third-order valence-electron chi connectivity index (χ3n) is 4.71. The van der Waals surface area contributed by atoms with Gasteiger partial charge in [0.15, 0.2) is 0 Å². The van der Waals surface area contributed by atoms with E-state index in [1.54, 1.807) is 6.07 Å². The number of ether oxygens (including phenoxy) is 2. The van der Waals surface area contributed by atoms with Crippen LogP contribution in [0.15, 0.2) is 23.8 Å². The number of allylic oxidation sites excluding steroid dienone is 1. The van der Waals surface area contributed by atoms with Gasteiger partial charge < -0.3 is 9.47 Å². The maximum absolute atomic E-state index is 12.5. The van der Waals surface area contributed by atoms with Gasteiger partial charge >= 0.3 is 5.97 Å². The van der Waals surface area contributed by atoms with Crippen molar-refractivity contribution < 1.29 is 23.9 Å². The quantitative estimate of drug-likeness (QED) is 0.617. The standard InChI is InChI=1S/C19H20O5/c1-10-5-6-13-14(7-10)18-15(17(22)16(13)21)8-12(9-23-11(2)20)19(3,4)24-18/h5-7,12H,8-9H2,1-4H3. The third-order valence-corrected chi connectivity index (χ3v) is 4.71. The first-order chi connectivity index (χ1) is 11.2. The van der Waals surface area contributed by atoms with Crippen molar-refractivity contribution in [3.63, 3.8) is 0 Å². The summed E-state index contributed by atoms with van der Waals surface area (Å²) in [6.07, 6.45) is 0.355. The van der Waals surface area contributed by atoms with E-state index in [1.807, 2.05) is 32.9 Å². The van der Waals surface area contributed by atoms with Gasteiger partial charge in [-0.2, -0.15) is 0 Å². The fourth-order valence-corrected chi connectivity index (χ4v) is 3.19. The zero-order valence-electron chi connectivity index (χ0n) is 14.3. The van der Waals surface area contributed by atoms with Crippen LogP contribution < -0.4 is 0 Å². The summed E-state index contributed by atoms with van der Waals surface area (Å²) >= 11 is 0. The van der Waals surface area contributed by atoms with Gasteiger partial charge in [-0.25, -0.2) is 0 Å². The molecule has 24 heavy (non-hydrogen) atoms. The van der Waals surface area contributed by atoms with Crippen molar-refractivity contribution in [1.82, 2.24) is 0 Å². The molecule has 0 saturated heterocycles. The minimum absolute atomic E-state index is 0.154. The first-order valence-corrected chi connectivity index (χ1v) is 7.96. The molecule has 0 fully saturated rings. The van der Waals surface area contributed by atoms with Gasteiger partial charge in [0.1, 0.15) is 11.4 Å². The monoisotopic (exact) mass is 328 g/mol. The summed E-state index contributed by atoms with van der Waals surface area (Å²) in [6, 6.07) is 5.36. The molecule has 5 heteroatoms. The van der Waals surface area contributed by atoms with Gasteiger partial charge in [0.05, 0.1) is 6.61 Å². The Morgan fingerprint density at radius 2 is 1.96 bits per heavy atom. The second-order valence-electron chi connectivity index (χ2n) is 6.92.